The molecule has 1 aliphatic heterocycles. The second-order valence-electron chi connectivity index (χ2n) is 6.21. The van der Waals surface area contributed by atoms with E-state index in [0.29, 0.717) is 6.54 Å². The minimum Gasteiger partial charge on any atom is -0.369 e. The Morgan fingerprint density at radius 1 is 1.25 bits per heavy atom. The molecular formula is C19H24N4O. The summed E-state index contributed by atoms with van der Waals surface area (Å²) >= 11 is 0. The van der Waals surface area contributed by atoms with E-state index in [9.17, 15) is 4.79 Å². The van der Waals surface area contributed by atoms with Crippen molar-refractivity contribution in [3.63, 3.8) is 0 Å². The summed E-state index contributed by atoms with van der Waals surface area (Å²) in [6.07, 6.45) is 3.85. The molecule has 1 aromatic carbocycles. The predicted molar refractivity (Wildman–Crippen MR) is 96.0 cm³/mol. The van der Waals surface area contributed by atoms with Gasteiger partial charge in [0.05, 0.1) is 12.2 Å². The summed E-state index contributed by atoms with van der Waals surface area (Å²) in [6.45, 7) is 4.34. The average Bonchev–Trinajstić information content (AvgIpc) is 2.62. The molecule has 1 aliphatic rings. The van der Waals surface area contributed by atoms with Crippen molar-refractivity contribution in [2.24, 2.45) is 0 Å². The molecule has 0 aliphatic carbocycles. The molecule has 2 amide bonds. The standard InChI is InChI=1S/C19H24N4O/c1-15-7-5-11-20-18(15)13-21-19(24)22-16-8-6-12-23(14-16)17-9-3-2-4-10-17/h2-5,7,9-11,16H,6,8,12-14H2,1H3,(H2,21,22,24). The number of carbonyl (C=O) groups excluding carboxylic acids is 1. The molecule has 24 heavy (non-hydrogen) atoms. The molecule has 2 heterocycles. The molecule has 5 heteroatoms. The van der Waals surface area contributed by atoms with Crippen LogP contribution in [-0.4, -0.2) is 30.1 Å². The third kappa shape index (κ3) is 4.25. The van der Waals surface area contributed by atoms with Crippen LogP contribution >= 0.6 is 0 Å². The van der Waals surface area contributed by atoms with E-state index >= 15 is 0 Å². The zero-order chi connectivity index (χ0) is 16.8. The molecule has 2 N–H and O–H groups in total. The largest absolute Gasteiger partial charge is 0.369 e. The fraction of sp³-hybridized carbons (Fsp3) is 0.368. The first-order valence-electron chi connectivity index (χ1n) is 8.47. The quantitative estimate of drug-likeness (QED) is 0.909. The summed E-state index contributed by atoms with van der Waals surface area (Å²) < 4.78 is 0. The molecule has 1 saturated heterocycles. The molecular weight excluding hydrogens is 300 g/mol. The van der Waals surface area contributed by atoms with Gasteiger partial charge in [0.2, 0.25) is 0 Å². The van der Waals surface area contributed by atoms with Crippen molar-refractivity contribution in [2.45, 2.75) is 32.4 Å². The molecule has 0 bridgehead atoms. The monoisotopic (exact) mass is 324 g/mol. The van der Waals surface area contributed by atoms with Crippen LogP contribution in [0.4, 0.5) is 10.5 Å². The molecule has 0 radical (unpaired) electrons. The highest BCUT2D eigenvalue weighted by Crippen LogP contribution is 2.19. The van der Waals surface area contributed by atoms with Crippen LogP contribution < -0.4 is 15.5 Å². The van der Waals surface area contributed by atoms with Crippen molar-refractivity contribution in [3.05, 3.63) is 59.9 Å². The Labute approximate surface area is 143 Å². The van der Waals surface area contributed by atoms with Gasteiger partial charge in [-0.1, -0.05) is 24.3 Å². The van der Waals surface area contributed by atoms with Gasteiger partial charge in [0, 0.05) is 31.0 Å². The van der Waals surface area contributed by atoms with E-state index in [4.69, 9.17) is 0 Å². The molecule has 1 atom stereocenters. The smallest absolute Gasteiger partial charge is 0.315 e. The van der Waals surface area contributed by atoms with Crippen molar-refractivity contribution in [3.8, 4) is 0 Å². The number of amides is 2. The molecule has 2 aromatic rings. The first kappa shape index (κ1) is 16.3. The number of benzene rings is 1. The van der Waals surface area contributed by atoms with Gasteiger partial charge in [0.15, 0.2) is 0 Å². The number of aromatic nitrogens is 1. The van der Waals surface area contributed by atoms with Gasteiger partial charge in [0.1, 0.15) is 0 Å². The zero-order valence-corrected chi connectivity index (χ0v) is 14.0. The minimum absolute atomic E-state index is 0.125. The number of carbonyl (C=O) groups is 1. The fourth-order valence-corrected chi connectivity index (χ4v) is 3.07. The SMILES string of the molecule is Cc1cccnc1CNC(=O)NC1CCCN(c2ccccc2)C1. The Balaban J connectivity index is 1.50. The Hall–Kier alpha value is -2.56. The molecule has 1 unspecified atom stereocenters. The first-order valence-corrected chi connectivity index (χ1v) is 8.47. The number of rotatable bonds is 4. The van der Waals surface area contributed by atoms with Crippen LogP contribution in [0, 0.1) is 6.92 Å². The van der Waals surface area contributed by atoms with E-state index in [1.54, 1.807) is 6.20 Å². The molecule has 1 fully saturated rings. The number of hydrogen-bond donors (Lipinski definition) is 2. The number of nitrogens with one attached hydrogen (secondary N) is 2. The van der Waals surface area contributed by atoms with Crippen LogP contribution in [0.25, 0.3) is 0 Å². The lowest BCUT2D eigenvalue weighted by Gasteiger charge is -2.34. The lowest BCUT2D eigenvalue weighted by atomic mass is 10.1. The fourth-order valence-electron chi connectivity index (χ4n) is 3.07. The maximum Gasteiger partial charge on any atom is 0.315 e. The highest BCUT2D eigenvalue weighted by molar-refractivity contribution is 5.74. The van der Waals surface area contributed by atoms with Crippen LogP contribution in [0.3, 0.4) is 0 Å². The number of anilines is 1. The Morgan fingerprint density at radius 2 is 2.08 bits per heavy atom. The van der Waals surface area contributed by atoms with E-state index in [2.05, 4.69) is 32.7 Å². The van der Waals surface area contributed by atoms with Gasteiger partial charge >= 0.3 is 6.03 Å². The molecule has 3 rings (SSSR count). The zero-order valence-electron chi connectivity index (χ0n) is 14.0. The van der Waals surface area contributed by atoms with Crippen molar-refractivity contribution in [1.29, 1.82) is 0 Å². The van der Waals surface area contributed by atoms with E-state index in [0.717, 1.165) is 37.2 Å². The number of hydrogen-bond acceptors (Lipinski definition) is 3. The Kier molecular flexibility index (Phi) is 5.31. The third-order valence-electron chi connectivity index (χ3n) is 4.41. The average molecular weight is 324 g/mol. The van der Waals surface area contributed by atoms with Crippen molar-refractivity contribution >= 4 is 11.7 Å². The van der Waals surface area contributed by atoms with E-state index in [1.807, 2.05) is 37.3 Å². The Morgan fingerprint density at radius 3 is 2.88 bits per heavy atom. The molecule has 0 spiro atoms. The maximum atomic E-state index is 12.2. The van der Waals surface area contributed by atoms with Gasteiger partial charge < -0.3 is 15.5 Å². The molecule has 1 aromatic heterocycles. The third-order valence-corrected chi connectivity index (χ3v) is 4.41. The van der Waals surface area contributed by atoms with Crippen LogP contribution in [0.1, 0.15) is 24.1 Å². The first-order chi connectivity index (χ1) is 11.7. The van der Waals surface area contributed by atoms with Crippen molar-refractivity contribution in [1.82, 2.24) is 15.6 Å². The van der Waals surface area contributed by atoms with Crippen molar-refractivity contribution < 1.29 is 4.79 Å². The van der Waals surface area contributed by atoms with Crippen LogP contribution in [0.15, 0.2) is 48.7 Å². The second kappa shape index (κ2) is 7.81. The van der Waals surface area contributed by atoms with Gasteiger partial charge in [0.25, 0.3) is 0 Å². The summed E-state index contributed by atoms with van der Waals surface area (Å²) in [7, 11) is 0. The highest BCUT2D eigenvalue weighted by Gasteiger charge is 2.21. The van der Waals surface area contributed by atoms with Gasteiger partial charge in [-0.2, -0.15) is 0 Å². The number of pyridine rings is 1. The summed E-state index contributed by atoms with van der Waals surface area (Å²) in [4.78, 5) is 18.8. The number of aryl methyl sites for hydroxylation is 1. The van der Waals surface area contributed by atoms with Crippen LogP contribution in [0.2, 0.25) is 0 Å². The van der Waals surface area contributed by atoms with Gasteiger partial charge in [-0.15, -0.1) is 0 Å². The number of para-hydroxylation sites is 1. The van der Waals surface area contributed by atoms with E-state index in [1.165, 1.54) is 5.69 Å². The molecule has 5 nitrogen and oxygen atoms in total. The van der Waals surface area contributed by atoms with Gasteiger partial charge in [-0.25, -0.2) is 4.79 Å². The Bertz CT molecular complexity index is 674. The number of piperidine rings is 1. The van der Waals surface area contributed by atoms with E-state index < -0.39 is 0 Å². The lowest BCUT2D eigenvalue weighted by molar-refractivity contribution is 0.234. The second-order valence-corrected chi connectivity index (χ2v) is 6.21. The predicted octanol–water partition coefficient (Wildman–Crippen LogP) is 2.86. The topological polar surface area (TPSA) is 57.3 Å². The van der Waals surface area contributed by atoms with Crippen molar-refractivity contribution in [2.75, 3.05) is 18.0 Å². The molecule has 126 valence electrons. The summed E-state index contributed by atoms with van der Waals surface area (Å²) in [5, 5.41) is 6.00. The summed E-state index contributed by atoms with van der Waals surface area (Å²) in [5.41, 5.74) is 3.21. The maximum absolute atomic E-state index is 12.2. The van der Waals surface area contributed by atoms with Gasteiger partial charge in [-0.3, -0.25) is 4.98 Å². The number of nitrogens with zero attached hydrogens (tertiary/aromatic N) is 2. The lowest BCUT2D eigenvalue weighted by Crippen LogP contribution is -2.50. The summed E-state index contributed by atoms with van der Waals surface area (Å²) in [5.74, 6) is 0. The van der Waals surface area contributed by atoms with Gasteiger partial charge in [-0.05, 0) is 43.5 Å². The molecule has 0 saturated carbocycles. The highest BCUT2D eigenvalue weighted by atomic mass is 16.2. The van der Waals surface area contributed by atoms with Crippen LogP contribution in [0.5, 0.6) is 0 Å². The summed E-state index contributed by atoms with van der Waals surface area (Å²) in [6, 6.07) is 14.3. The normalized spacial score (nSPS) is 17.4. The minimum atomic E-state index is -0.125. The van der Waals surface area contributed by atoms with Crippen LogP contribution in [-0.2, 0) is 6.54 Å². The van der Waals surface area contributed by atoms with E-state index in [-0.39, 0.29) is 12.1 Å². The number of urea groups is 1.